The van der Waals surface area contributed by atoms with Crippen LogP contribution >= 0.6 is 0 Å². The molecule has 0 radical (unpaired) electrons. The van der Waals surface area contributed by atoms with Gasteiger partial charge >= 0.3 is 0 Å². The molecule has 2 aliphatic rings. The Morgan fingerprint density at radius 2 is 2.12 bits per heavy atom. The molecular weight excluding hydrogens is 332 g/mol. The Kier molecular flexibility index (Phi) is 4.28. The van der Waals surface area contributed by atoms with Gasteiger partial charge in [0, 0.05) is 37.7 Å². The number of hydrogen-bond donors (Lipinski definition) is 1. The van der Waals surface area contributed by atoms with E-state index in [1.54, 1.807) is 12.0 Å². The molecule has 1 atom stereocenters. The van der Waals surface area contributed by atoms with E-state index < -0.39 is 0 Å². The maximum Gasteiger partial charge on any atom is 0.228 e. The second-order valence-electron chi connectivity index (χ2n) is 6.68. The molecule has 7 nitrogen and oxygen atoms in total. The topological polar surface area (TPSA) is 84.4 Å². The molecule has 4 rings (SSSR count). The fraction of sp³-hybridized carbons (Fsp3) is 0.368. The summed E-state index contributed by atoms with van der Waals surface area (Å²) in [6.07, 6.45) is 2.72. The molecular formula is C19H20N4O3. The predicted octanol–water partition coefficient (Wildman–Crippen LogP) is 1.05. The first-order chi connectivity index (χ1) is 12.6. The van der Waals surface area contributed by atoms with Gasteiger partial charge < -0.3 is 15.0 Å². The second-order valence-corrected chi connectivity index (χ2v) is 6.68. The van der Waals surface area contributed by atoms with Gasteiger partial charge in [-0.25, -0.2) is 9.97 Å². The monoisotopic (exact) mass is 352 g/mol. The van der Waals surface area contributed by atoms with Gasteiger partial charge in [-0.2, -0.15) is 0 Å². The summed E-state index contributed by atoms with van der Waals surface area (Å²) in [5.41, 5.74) is 2.98. The Labute approximate surface area is 151 Å². The zero-order valence-electron chi connectivity index (χ0n) is 14.6. The first-order valence-corrected chi connectivity index (χ1v) is 8.64. The van der Waals surface area contributed by atoms with Crippen LogP contribution in [0.25, 0.3) is 0 Å². The van der Waals surface area contributed by atoms with E-state index >= 15 is 0 Å². The van der Waals surface area contributed by atoms with E-state index in [4.69, 9.17) is 4.74 Å². The van der Waals surface area contributed by atoms with Crippen molar-refractivity contribution in [2.24, 2.45) is 5.92 Å². The number of carbonyl (C=O) groups excluding carboxylic acids is 2. The molecule has 0 bridgehead atoms. The average Bonchev–Trinajstić information content (AvgIpc) is 3.27. The van der Waals surface area contributed by atoms with Crippen molar-refractivity contribution in [1.29, 1.82) is 0 Å². The third-order valence-electron chi connectivity index (χ3n) is 4.87. The number of amides is 2. The van der Waals surface area contributed by atoms with Gasteiger partial charge in [0.2, 0.25) is 11.8 Å². The highest BCUT2D eigenvalue weighted by Gasteiger charge is 2.34. The van der Waals surface area contributed by atoms with Crippen LogP contribution < -0.4 is 10.1 Å². The molecule has 1 N–H and O–H groups in total. The molecule has 2 amide bonds. The van der Waals surface area contributed by atoms with Crippen molar-refractivity contribution >= 4 is 11.8 Å². The lowest BCUT2D eigenvalue weighted by atomic mass is 10.1. The zero-order valence-corrected chi connectivity index (χ0v) is 14.6. The van der Waals surface area contributed by atoms with Gasteiger partial charge in [-0.3, -0.25) is 9.59 Å². The summed E-state index contributed by atoms with van der Waals surface area (Å²) >= 11 is 0. The lowest BCUT2D eigenvalue weighted by molar-refractivity contribution is -0.136. The molecule has 1 fully saturated rings. The Bertz CT molecular complexity index is 850. The summed E-state index contributed by atoms with van der Waals surface area (Å²) < 4.78 is 5.17. The molecule has 3 heterocycles. The standard InChI is InChI=1S/C19H20N4O3/c1-26-15-4-2-12(3-5-15)6-17-20-9-14-10-23(11-16(14)22-17)19(25)13-7-18(24)21-8-13/h2-5,9,13H,6-8,10-11H2,1H3,(H,21,24). The lowest BCUT2D eigenvalue weighted by Gasteiger charge is -2.18. The van der Waals surface area contributed by atoms with Crippen LogP contribution in [0.5, 0.6) is 5.75 Å². The van der Waals surface area contributed by atoms with Gasteiger partial charge in [-0.1, -0.05) is 12.1 Å². The fourth-order valence-electron chi connectivity index (χ4n) is 3.40. The number of hydrogen-bond acceptors (Lipinski definition) is 5. The van der Waals surface area contributed by atoms with Crippen LogP contribution in [0.3, 0.4) is 0 Å². The maximum atomic E-state index is 12.6. The van der Waals surface area contributed by atoms with Gasteiger partial charge in [0.25, 0.3) is 0 Å². The normalized spacial score (nSPS) is 18.6. The molecule has 7 heteroatoms. The number of carbonyl (C=O) groups is 2. The van der Waals surface area contributed by atoms with Crippen LogP contribution in [0.1, 0.15) is 29.1 Å². The van der Waals surface area contributed by atoms with E-state index in [0.29, 0.717) is 26.1 Å². The molecule has 1 aromatic carbocycles. The molecule has 0 aliphatic carbocycles. The zero-order chi connectivity index (χ0) is 18.1. The molecule has 2 aliphatic heterocycles. The maximum absolute atomic E-state index is 12.6. The SMILES string of the molecule is COc1ccc(Cc2ncc3c(n2)CN(C(=O)C2CNC(=O)C2)C3)cc1. The third kappa shape index (κ3) is 3.24. The number of nitrogens with zero attached hydrogens (tertiary/aromatic N) is 3. The Morgan fingerprint density at radius 3 is 2.81 bits per heavy atom. The Balaban J connectivity index is 1.44. The Morgan fingerprint density at radius 1 is 1.31 bits per heavy atom. The van der Waals surface area contributed by atoms with E-state index in [-0.39, 0.29) is 24.2 Å². The number of fused-ring (bicyclic) bond motifs is 1. The molecule has 134 valence electrons. The van der Waals surface area contributed by atoms with Gasteiger partial charge in [0.15, 0.2) is 0 Å². The van der Waals surface area contributed by atoms with Crippen molar-refractivity contribution < 1.29 is 14.3 Å². The second kappa shape index (κ2) is 6.74. The van der Waals surface area contributed by atoms with Crippen molar-refractivity contribution in [2.45, 2.75) is 25.9 Å². The van der Waals surface area contributed by atoms with Crippen LogP contribution in [-0.4, -0.2) is 40.3 Å². The molecule has 2 aromatic rings. The molecule has 26 heavy (non-hydrogen) atoms. The van der Waals surface area contributed by atoms with Crippen molar-refractivity contribution in [3.8, 4) is 5.75 Å². The average molecular weight is 352 g/mol. The van der Waals surface area contributed by atoms with Gasteiger partial charge in [-0.15, -0.1) is 0 Å². The summed E-state index contributed by atoms with van der Waals surface area (Å²) in [5, 5.41) is 2.72. The number of benzene rings is 1. The highest BCUT2D eigenvalue weighted by molar-refractivity contribution is 5.89. The minimum atomic E-state index is -0.261. The lowest BCUT2D eigenvalue weighted by Crippen LogP contribution is -2.33. The summed E-state index contributed by atoms with van der Waals surface area (Å²) in [7, 11) is 1.64. The van der Waals surface area contributed by atoms with E-state index in [9.17, 15) is 9.59 Å². The molecule has 1 aromatic heterocycles. The highest BCUT2D eigenvalue weighted by atomic mass is 16.5. The summed E-state index contributed by atoms with van der Waals surface area (Å²) in [4.78, 5) is 34.8. The predicted molar refractivity (Wildman–Crippen MR) is 93.2 cm³/mol. The van der Waals surface area contributed by atoms with Crippen LogP contribution in [0.15, 0.2) is 30.5 Å². The molecule has 1 saturated heterocycles. The highest BCUT2D eigenvalue weighted by Crippen LogP contribution is 2.24. The minimum absolute atomic E-state index is 0.0121. The molecule has 1 unspecified atom stereocenters. The van der Waals surface area contributed by atoms with Crippen molar-refractivity contribution in [1.82, 2.24) is 20.2 Å². The van der Waals surface area contributed by atoms with Crippen LogP contribution in [0.2, 0.25) is 0 Å². The van der Waals surface area contributed by atoms with Crippen LogP contribution in [-0.2, 0) is 29.1 Å². The number of nitrogens with one attached hydrogen (secondary N) is 1. The number of ether oxygens (including phenoxy) is 1. The van der Waals surface area contributed by atoms with Gasteiger partial charge in [0.05, 0.1) is 25.3 Å². The smallest absolute Gasteiger partial charge is 0.228 e. The first-order valence-electron chi connectivity index (χ1n) is 8.64. The van der Waals surface area contributed by atoms with Gasteiger partial charge in [0.1, 0.15) is 11.6 Å². The third-order valence-corrected chi connectivity index (χ3v) is 4.87. The molecule has 0 saturated carbocycles. The van der Waals surface area contributed by atoms with E-state index in [1.165, 1.54) is 0 Å². The van der Waals surface area contributed by atoms with Crippen LogP contribution in [0, 0.1) is 5.92 Å². The molecule has 0 spiro atoms. The largest absolute Gasteiger partial charge is 0.497 e. The van der Waals surface area contributed by atoms with E-state index in [2.05, 4.69) is 15.3 Å². The van der Waals surface area contributed by atoms with Gasteiger partial charge in [-0.05, 0) is 17.7 Å². The van der Waals surface area contributed by atoms with E-state index in [1.807, 2.05) is 30.5 Å². The first kappa shape index (κ1) is 16.5. The summed E-state index contributed by atoms with van der Waals surface area (Å²) in [6.45, 7) is 1.43. The van der Waals surface area contributed by atoms with Crippen molar-refractivity contribution in [3.05, 3.63) is 53.1 Å². The van der Waals surface area contributed by atoms with Crippen molar-refractivity contribution in [3.63, 3.8) is 0 Å². The fourth-order valence-corrected chi connectivity index (χ4v) is 3.40. The van der Waals surface area contributed by atoms with E-state index in [0.717, 1.165) is 28.4 Å². The number of rotatable bonds is 4. The minimum Gasteiger partial charge on any atom is -0.497 e. The van der Waals surface area contributed by atoms with Crippen molar-refractivity contribution in [2.75, 3.05) is 13.7 Å². The van der Waals surface area contributed by atoms with Crippen LogP contribution in [0.4, 0.5) is 0 Å². The quantitative estimate of drug-likeness (QED) is 0.889. The summed E-state index contributed by atoms with van der Waals surface area (Å²) in [5.74, 6) is 1.25. The summed E-state index contributed by atoms with van der Waals surface area (Å²) in [6, 6.07) is 7.82. The number of aromatic nitrogens is 2. The number of methoxy groups -OCH3 is 1. The Hall–Kier alpha value is -2.96.